The van der Waals surface area contributed by atoms with Crippen LogP contribution in [-0.2, 0) is 25.6 Å². The quantitative estimate of drug-likeness (QED) is 0.136. The van der Waals surface area contributed by atoms with E-state index in [1.54, 1.807) is 30.3 Å². The molecule has 172 valence electrons. The van der Waals surface area contributed by atoms with Crippen molar-refractivity contribution in [2.45, 2.75) is 43.8 Å². The number of unbranched alkanes of at least 4 members (excludes halogenated alkanes) is 1. The normalized spacial score (nSPS) is 13.5. The van der Waals surface area contributed by atoms with Crippen molar-refractivity contribution < 1.29 is 24.3 Å². The Kier molecular flexibility index (Phi) is 12.3. The van der Waals surface area contributed by atoms with E-state index >= 15 is 0 Å². The van der Waals surface area contributed by atoms with Gasteiger partial charge in [0.1, 0.15) is 18.1 Å². The minimum atomic E-state index is -1.20. The van der Waals surface area contributed by atoms with Crippen LogP contribution in [0, 0.1) is 0 Å². The van der Waals surface area contributed by atoms with Crippen LogP contribution in [0.3, 0.4) is 0 Å². The van der Waals surface area contributed by atoms with Crippen molar-refractivity contribution in [3.8, 4) is 0 Å². The van der Waals surface area contributed by atoms with Gasteiger partial charge in [0.25, 0.3) is 0 Å². The smallest absolute Gasteiger partial charge is 0.326 e. The summed E-state index contributed by atoms with van der Waals surface area (Å²) in [6.45, 7) is 0.162. The molecular weight excluding hydrogens is 422 g/mol. The zero-order valence-corrected chi connectivity index (χ0v) is 18.1. The van der Waals surface area contributed by atoms with Gasteiger partial charge in [-0.05, 0) is 31.4 Å². The Morgan fingerprint density at radius 3 is 2.06 bits per heavy atom. The topological polar surface area (TPSA) is 177 Å². The molecule has 0 bridgehead atoms. The summed E-state index contributed by atoms with van der Waals surface area (Å²) in [6.07, 6.45) is 1.67. The first kappa shape index (κ1) is 26.4. The lowest BCUT2D eigenvalue weighted by Gasteiger charge is -2.23. The Labute approximate surface area is 186 Å². The Morgan fingerprint density at radius 1 is 0.903 bits per heavy atom. The minimum Gasteiger partial charge on any atom is -0.480 e. The summed E-state index contributed by atoms with van der Waals surface area (Å²) in [5.74, 6) is -3.03. The average Bonchev–Trinajstić information content (AvgIpc) is 2.76. The van der Waals surface area contributed by atoms with Crippen LogP contribution in [-0.4, -0.2) is 65.8 Å². The molecule has 10 nitrogen and oxygen atoms in total. The van der Waals surface area contributed by atoms with E-state index < -0.39 is 41.8 Å². The van der Waals surface area contributed by atoms with Gasteiger partial charge in [0.2, 0.25) is 17.7 Å². The first-order valence-electron chi connectivity index (χ1n) is 10.00. The Morgan fingerprint density at radius 2 is 1.52 bits per heavy atom. The van der Waals surface area contributed by atoms with Gasteiger partial charge >= 0.3 is 5.97 Å². The maximum atomic E-state index is 12.6. The molecule has 1 aromatic carbocycles. The fourth-order valence-corrected chi connectivity index (χ4v) is 3.06. The monoisotopic (exact) mass is 453 g/mol. The summed E-state index contributed by atoms with van der Waals surface area (Å²) in [5, 5.41) is 16.9. The highest BCUT2D eigenvalue weighted by Crippen LogP contribution is 2.05. The minimum absolute atomic E-state index is 0.0599. The van der Waals surface area contributed by atoms with Crippen LogP contribution in [0.25, 0.3) is 0 Å². The first-order chi connectivity index (χ1) is 14.8. The second-order valence-electron chi connectivity index (χ2n) is 6.94. The average molecular weight is 454 g/mol. The van der Waals surface area contributed by atoms with Gasteiger partial charge in [-0.1, -0.05) is 30.3 Å². The predicted molar refractivity (Wildman–Crippen MR) is 119 cm³/mol. The molecule has 3 atom stereocenters. The SMILES string of the molecule is NCCCCC(NC(=O)CN)C(=O)NC(CS)C(=O)NC(Cc1ccccc1)C(=O)O. The Balaban J connectivity index is 2.79. The molecule has 0 radical (unpaired) electrons. The molecule has 3 unspecified atom stereocenters. The van der Waals surface area contributed by atoms with Crippen LogP contribution < -0.4 is 27.4 Å². The number of carboxylic acids is 1. The molecule has 3 amide bonds. The van der Waals surface area contributed by atoms with Crippen molar-refractivity contribution in [3.05, 3.63) is 35.9 Å². The van der Waals surface area contributed by atoms with Crippen LogP contribution in [0.4, 0.5) is 0 Å². The maximum absolute atomic E-state index is 12.6. The molecule has 1 aromatic rings. The van der Waals surface area contributed by atoms with Crippen LogP contribution in [0.2, 0.25) is 0 Å². The molecule has 31 heavy (non-hydrogen) atoms. The Hall–Kier alpha value is -2.63. The van der Waals surface area contributed by atoms with Crippen molar-refractivity contribution in [1.82, 2.24) is 16.0 Å². The summed E-state index contributed by atoms with van der Waals surface area (Å²) in [6, 6.07) is 5.71. The second kappa shape index (κ2) is 14.4. The lowest BCUT2D eigenvalue weighted by molar-refractivity contribution is -0.142. The van der Waals surface area contributed by atoms with Gasteiger partial charge in [0, 0.05) is 12.2 Å². The third-order valence-electron chi connectivity index (χ3n) is 4.50. The van der Waals surface area contributed by atoms with Crippen LogP contribution in [0.15, 0.2) is 30.3 Å². The molecule has 0 saturated heterocycles. The number of nitrogens with one attached hydrogen (secondary N) is 3. The molecule has 0 aliphatic rings. The van der Waals surface area contributed by atoms with Crippen LogP contribution >= 0.6 is 12.6 Å². The molecule has 0 fully saturated rings. The largest absolute Gasteiger partial charge is 0.480 e. The zero-order chi connectivity index (χ0) is 23.2. The molecule has 0 spiro atoms. The summed E-state index contributed by atoms with van der Waals surface area (Å²) >= 11 is 4.10. The molecule has 0 aliphatic heterocycles. The summed E-state index contributed by atoms with van der Waals surface area (Å²) in [5.41, 5.74) is 11.5. The van der Waals surface area contributed by atoms with Crippen LogP contribution in [0.1, 0.15) is 24.8 Å². The number of hydrogen-bond donors (Lipinski definition) is 7. The molecule has 0 saturated carbocycles. The van der Waals surface area contributed by atoms with E-state index in [4.69, 9.17) is 11.5 Å². The van der Waals surface area contributed by atoms with Crippen molar-refractivity contribution >= 4 is 36.3 Å². The lowest BCUT2D eigenvalue weighted by atomic mass is 10.1. The third-order valence-corrected chi connectivity index (χ3v) is 4.86. The number of carbonyl (C=O) groups is 4. The van der Waals surface area contributed by atoms with Crippen molar-refractivity contribution in [1.29, 1.82) is 0 Å². The predicted octanol–water partition coefficient (Wildman–Crippen LogP) is -1.21. The molecule has 1 rings (SSSR count). The van der Waals surface area contributed by atoms with E-state index in [9.17, 15) is 24.3 Å². The van der Waals surface area contributed by atoms with Gasteiger partial charge in [0.15, 0.2) is 0 Å². The highest BCUT2D eigenvalue weighted by molar-refractivity contribution is 7.80. The molecular formula is C20H31N5O5S. The van der Waals surface area contributed by atoms with Crippen molar-refractivity contribution in [3.63, 3.8) is 0 Å². The van der Waals surface area contributed by atoms with Crippen molar-refractivity contribution in [2.24, 2.45) is 11.5 Å². The number of thiol groups is 1. The lowest BCUT2D eigenvalue weighted by Crippen LogP contribution is -2.57. The number of rotatable bonds is 14. The van der Waals surface area contributed by atoms with E-state index in [2.05, 4.69) is 28.6 Å². The first-order valence-corrected chi connectivity index (χ1v) is 10.6. The van der Waals surface area contributed by atoms with E-state index in [0.717, 1.165) is 5.56 Å². The van der Waals surface area contributed by atoms with Gasteiger partial charge in [0.05, 0.1) is 6.54 Å². The number of carbonyl (C=O) groups excluding carboxylic acids is 3. The molecule has 8 N–H and O–H groups in total. The number of carboxylic acid groups (broad SMARTS) is 1. The van der Waals surface area contributed by atoms with Crippen molar-refractivity contribution in [2.75, 3.05) is 18.8 Å². The highest BCUT2D eigenvalue weighted by Gasteiger charge is 2.28. The number of benzene rings is 1. The molecule has 0 aliphatic carbocycles. The van der Waals surface area contributed by atoms with Gasteiger partial charge < -0.3 is 32.5 Å². The fourth-order valence-electron chi connectivity index (χ4n) is 2.80. The highest BCUT2D eigenvalue weighted by atomic mass is 32.1. The maximum Gasteiger partial charge on any atom is 0.326 e. The number of aliphatic carboxylic acids is 1. The van der Waals surface area contributed by atoms with Gasteiger partial charge in [-0.25, -0.2) is 4.79 Å². The molecule has 0 heterocycles. The van der Waals surface area contributed by atoms with E-state index in [1.165, 1.54) is 0 Å². The fraction of sp³-hybridized carbons (Fsp3) is 0.500. The number of amides is 3. The third kappa shape index (κ3) is 9.81. The number of hydrogen-bond acceptors (Lipinski definition) is 7. The second-order valence-corrected chi connectivity index (χ2v) is 7.31. The molecule has 0 aromatic heterocycles. The van der Waals surface area contributed by atoms with Gasteiger partial charge in [-0.15, -0.1) is 0 Å². The summed E-state index contributed by atoms with van der Waals surface area (Å²) in [4.78, 5) is 48.5. The number of nitrogens with two attached hydrogens (primary N) is 2. The van der Waals surface area contributed by atoms with Crippen LogP contribution in [0.5, 0.6) is 0 Å². The van der Waals surface area contributed by atoms with E-state index in [1.807, 2.05) is 0 Å². The van der Waals surface area contributed by atoms with Gasteiger partial charge in [-0.2, -0.15) is 12.6 Å². The van der Waals surface area contributed by atoms with E-state index in [-0.39, 0.29) is 18.7 Å². The Bertz CT molecular complexity index is 734. The zero-order valence-electron chi connectivity index (χ0n) is 17.3. The summed E-state index contributed by atoms with van der Waals surface area (Å²) in [7, 11) is 0. The van der Waals surface area contributed by atoms with E-state index in [0.29, 0.717) is 25.8 Å². The van der Waals surface area contributed by atoms with Gasteiger partial charge in [-0.3, -0.25) is 14.4 Å². The standard InChI is InChI=1S/C20H31N5O5S/c21-9-5-4-8-14(23-17(26)11-22)18(27)25-16(12-31)19(28)24-15(20(29)30)10-13-6-2-1-3-7-13/h1-3,6-7,14-16,31H,4-5,8-12,21-22H2,(H,23,26)(H,24,28)(H,25,27)(H,29,30). The molecule has 11 heteroatoms. The summed E-state index contributed by atoms with van der Waals surface area (Å²) < 4.78 is 0.